The number of aryl methyl sites for hydroxylation is 1. The van der Waals surface area contributed by atoms with Crippen molar-refractivity contribution in [3.05, 3.63) is 34.2 Å². The number of carbonyl (C=O) groups excluding carboxylic acids is 1. The van der Waals surface area contributed by atoms with Gasteiger partial charge in [0, 0.05) is 31.1 Å². The summed E-state index contributed by atoms with van der Waals surface area (Å²) in [4.78, 5) is 29.3. The topological polar surface area (TPSA) is 91.2 Å². The molecule has 7 heteroatoms. The Balaban J connectivity index is 1.73. The zero-order valence-corrected chi connectivity index (χ0v) is 16.5. The van der Waals surface area contributed by atoms with Gasteiger partial charge in [-0.25, -0.2) is 9.59 Å². The van der Waals surface area contributed by atoms with Gasteiger partial charge >= 0.3 is 11.7 Å². The van der Waals surface area contributed by atoms with Crippen molar-refractivity contribution in [1.29, 1.82) is 5.41 Å². The van der Waals surface area contributed by atoms with Crippen LogP contribution in [0.25, 0.3) is 11.0 Å². The molecule has 1 aromatic carbocycles. The Morgan fingerprint density at radius 2 is 2.00 bits per heavy atom. The van der Waals surface area contributed by atoms with Crippen LogP contribution in [0.2, 0.25) is 0 Å². The minimum atomic E-state index is -0.571. The number of nitrogens with one attached hydrogen (secondary N) is 2. The summed E-state index contributed by atoms with van der Waals surface area (Å²) in [6, 6.07) is 6.17. The minimum absolute atomic E-state index is 0.00653. The van der Waals surface area contributed by atoms with Gasteiger partial charge in [-0.05, 0) is 51.3 Å². The van der Waals surface area contributed by atoms with Gasteiger partial charge in [-0.1, -0.05) is 6.07 Å². The maximum atomic E-state index is 12.5. The van der Waals surface area contributed by atoms with Crippen molar-refractivity contribution < 1.29 is 9.53 Å². The van der Waals surface area contributed by atoms with Gasteiger partial charge in [0.2, 0.25) is 0 Å². The van der Waals surface area contributed by atoms with Gasteiger partial charge < -0.3 is 9.72 Å². The number of benzene rings is 1. The quantitative estimate of drug-likeness (QED) is 0.623. The Morgan fingerprint density at radius 1 is 1.33 bits per heavy atom. The molecule has 0 atom stereocenters. The van der Waals surface area contributed by atoms with E-state index in [1.54, 1.807) is 0 Å². The van der Waals surface area contributed by atoms with Crippen LogP contribution in [0.15, 0.2) is 23.0 Å². The lowest BCUT2D eigenvalue weighted by Crippen LogP contribution is -2.50. The number of rotatable bonds is 5. The highest BCUT2D eigenvalue weighted by molar-refractivity contribution is 6.35. The number of likely N-dealkylation sites (tertiary alicyclic amines) is 1. The third-order valence-electron chi connectivity index (χ3n) is 5.60. The molecule has 1 saturated heterocycles. The first kappa shape index (κ1) is 19.4. The van der Waals surface area contributed by atoms with Crippen LogP contribution in [0.1, 0.15) is 44.7 Å². The summed E-state index contributed by atoms with van der Waals surface area (Å²) in [6.07, 6.45) is 2.06. The smallest absolute Gasteiger partial charge is 0.351 e. The predicted octanol–water partition coefficient (Wildman–Crippen LogP) is 2.64. The van der Waals surface area contributed by atoms with E-state index >= 15 is 0 Å². The molecule has 3 rings (SSSR count). The molecular weight excluding hydrogens is 344 g/mol. The van der Waals surface area contributed by atoms with E-state index in [1.165, 1.54) is 7.11 Å². The Kier molecular flexibility index (Phi) is 5.24. The van der Waals surface area contributed by atoms with E-state index < -0.39 is 5.97 Å². The summed E-state index contributed by atoms with van der Waals surface area (Å²) >= 11 is 0. The zero-order valence-electron chi connectivity index (χ0n) is 16.5. The van der Waals surface area contributed by atoms with E-state index in [0.29, 0.717) is 6.42 Å². The number of fused-ring (bicyclic) bond motifs is 1. The summed E-state index contributed by atoms with van der Waals surface area (Å²) in [5, 5.41) is 7.91. The second kappa shape index (κ2) is 7.31. The van der Waals surface area contributed by atoms with E-state index in [9.17, 15) is 9.59 Å². The molecule has 27 heavy (non-hydrogen) atoms. The van der Waals surface area contributed by atoms with E-state index in [0.717, 1.165) is 42.5 Å². The standard InChI is InChI=1S/C20H28N4O3/c1-13-5-6-16-17(11-13)24(19(26)22-16)14-7-9-23(10-8-14)20(2,3)12-15(21)18(25)27-4/h5-6,11,14,21H,7-10,12H2,1-4H3,(H,22,26). The van der Waals surface area contributed by atoms with Gasteiger partial charge in [0.1, 0.15) is 5.71 Å². The van der Waals surface area contributed by atoms with Crippen LogP contribution in [-0.2, 0) is 9.53 Å². The molecule has 0 unspecified atom stereocenters. The third kappa shape index (κ3) is 3.83. The van der Waals surface area contributed by atoms with Gasteiger partial charge in [-0.15, -0.1) is 0 Å². The molecule has 0 radical (unpaired) electrons. The van der Waals surface area contributed by atoms with Crippen molar-refractivity contribution >= 4 is 22.7 Å². The zero-order chi connectivity index (χ0) is 19.8. The first-order valence-electron chi connectivity index (χ1n) is 9.34. The predicted molar refractivity (Wildman–Crippen MR) is 106 cm³/mol. The molecule has 2 N–H and O–H groups in total. The number of aromatic amines is 1. The average Bonchev–Trinajstić information content (AvgIpc) is 2.95. The van der Waals surface area contributed by atoms with Crippen LogP contribution in [0.5, 0.6) is 0 Å². The molecule has 1 aliphatic rings. The molecule has 1 aliphatic heterocycles. The maximum Gasteiger partial charge on any atom is 0.351 e. The van der Waals surface area contributed by atoms with Gasteiger partial charge in [-0.3, -0.25) is 14.9 Å². The summed E-state index contributed by atoms with van der Waals surface area (Å²) in [7, 11) is 1.30. The second-order valence-electron chi connectivity index (χ2n) is 8.00. The number of piperidine rings is 1. The van der Waals surface area contributed by atoms with Crippen molar-refractivity contribution in [3.8, 4) is 0 Å². The summed E-state index contributed by atoms with van der Waals surface area (Å²) in [5.74, 6) is -0.571. The van der Waals surface area contributed by atoms with Gasteiger partial charge in [-0.2, -0.15) is 0 Å². The number of nitrogens with zero attached hydrogens (tertiary/aromatic N) is 2. The van der Waals surface area contributed by atoms with Crippen molar-refractivity contribution in [1.82, 2.24) is 14.5 Å². The number of methoxy groups -OCH3 is 1. The number of hydrogen-bond donors (Lipinski definition) is 2. The number of ether oxygens (including phenoxy) is 1. The van der Waals surface area contributed by atoms with Crippen LogP contribution in [0.4, 0.5) is 0 Å². The van der Waals surface area contributed by atoms with Crippen LogP contribution < -0.4 is 5.69 Å². The highest BCUT2D eigenvalue weighted by Gasteiger charge is 2.34. The molecule has 2 aromatic rings. The van der Waals surface area contributed by atoms with E-state index in [4.69, 9.17) is 5.41 Å². The minimum Gasteiger partial charge on any atom is -0.465 e. The van der Waals surface area contributed by atoms with E-state index in [-0.39, 0.29) is 23.0 Å². The van der Waals surface area contributed by atoms with Crippen molar-refractivity contribution in [2.24, 2.45) is 0 Å². The number of hydrogen-bond acceptors (Lipinski definition) is 5. The van der Waals surface area contributed by atoms with Crippen LogP contribution in [0, 0.1) is 12.3 Å². The van der Waals surface area contributed by atoms with Crippen LogP contribution >= 0.6 is 0 Å². The average molecular weight is 372 g/mol. The summed E-state index contributed by atoms with van der Waals surface area (Å²) in [5.41, 5.74) is 2.60. The lowest BCUT2D eigenvalue weighted by atomic mass is 9.91. The normalized spacial score (nSPS) is 16.6. The third-order valence-corrected chi connectivity index (χ3v) is 5.60. The van der Waals surface area contributed by atoms with Gasteiger partial charge in [0.05, 0.1) is 18.1 Å². The molecule has 2 heterocycles. The van der Waals surface area contributed by atoms with Crippen molar-refractivity contribution in [3.63, 3.8) is 0 Å². The molecule has 1 fully saturated rings. The molecule has 0 amide bonds. The largest absolute Gasteiger partial charge is 0.465 e. The number of carbonyl (C=O) groups is 1. The number of imidazole rings is 1. The Labute approximate surface area is 158 Å². The second-order valence-corrected chi connectivity index (χ2v) is 8.00. The SMILES string of the molecule is COC(=O)C(=N)CC(C)(C)N1CCC(n2c(=O)[nH]c3ccc(C)cc32)CC1. The number of H-pyrrole nitrogens is 1. The lowest BCUT2D eigenvalue weighted by molar-refractivity contribution is -0.133. The van der Waals surface area contributed by atoms with Gasteiger partial charge in [0.15, 0.2) is 0 Å². The molecule has 0 saturated carbocycles. The molecule has 0 aliphatic carbocycles. The van der Waals surface area contributed by atoms with Crippen LogP contribution in [-0.4, -0.2) is 51.9 Å². The van der Waals surface area contributed by atoms with Crippen molar-refractivity contribution in [2.45, 2.75) is 51.6 Å². The summed E-state index contributed by atoms with van der Waals surface area (Å²) in [6.45, 7) is 7.76. The number of esters is 1. The van der Waals surface area contributed by atoms with Gasteiger partial charge in [0.25, 0.3) is 0 Å². The first-order valence-corrected chi connectivity index (χ1v) is 9.34. The fourth-order valence-corrected chi connectivity index (χ4v) is 4.06. The monoisotopic (exact) mass is 372 g/mol. The molecule has 0 spiro atoms. The molecule has 1 aromatic heterocycles. The molecular formula is C20H28N4O3. The van der Waals surface area contributed by atoms with E-state index in [2.05, 4.69) is 20.7 Å². The highest BCUT2D eigenvalue weighted by Crippen LogP contribution is 2.30. The lowest BCUT2D eigenvalue weighted by Gasteiger charge is -2.43. The molecule has 0 bridgehead atoms. The Morgan fingerprint density at radius 3 is 2.63 bits per heavy atom. The fourth-order valence-electron chi connectivity index (χ4n) is 4.06. The van der Waals surface area contributed by atoms with E-state index in [1.807, 2.05) is 37.5 Å². The summed E-state index contributed by atoms with van der Waals surface area (Å²) < 4.78 is 6.54. The molecule has 7 nitrogen and oxygen atoms in total. The Hall–Kier alpha value is -2.41. The first-order chi connectivity index (χ1) is 12.7. The maximum absolute atomic E-state index is 12.5. The number of aromatic nitrogens is 2. The van der Waals surface area contributed by atoms with Crippen LogP contribution in [0.3, 0.4) is 0 Å². The fraction of sp³-hybridized carbons (Fsp3) is 0.550. The Bertz CT molecular complexity index is 917. The highest BCUT2D eigenvalue weighted by atomic mass is 16.5. The van der Waals surface area contributed by atoms with Crippen molar-refractivity contribution in [2.75, 3.05) is 20.2 Å². The molecule has 146 valence electrons.